The quantitative estimate of drug-likeness (QED) is 0.741. The Kier molecular flexibility index (Phi) is 6.54. The molecular formula is C14H26N2O. The first-order valence-corrected chi connectivity index (χ1v) is 6.94. The minimum absolute atomic E-state index is 0.299. The number of hydrogen-bond acceptors (Lipinski definition) is 3. The van der Waals surface area contributed by atoms with Crippen LogP contribution in [0.4, 0.5) is 0 Å². The fourth-order valence-corrected chi connectivity index (χ4v) is 2.53. The number of rotatable bonds is 7. The second-order valence-corrected chi connectivity index (χ2v) is 5.16. The summed E-state index contributed by atoms with van der Waals surface area (Å²) in [5.74, 6) is 0. The third-order valence-electron chi connectivity index (χ3n) is 4.19. The van der Waals surface area contributed by atoms with E-state index in [2.05, 4.69) is 25.2 Å². The first kappa shape index (κ1) is 14.5. The first-order chi connectivity index (χ1) is 8.26. The van der Waals surface area contributed by atoms with E-state index in [9.17, 15) is 0 Å². The van der Waals surface area contributed by atoms with Gasteiger partial charge in [0.15, 0.2) is 0 Å². The molecule has 3 heteroatoms. The zero-order chi connectivity index (χ0) is 12.6. The molecule has 1 aliphatic rings. The molecule has 0 spiro atoms. The Morgan fingerprint density at radius 2 is 2.18 bits per heavy atom. The van der Waals surface area contributed by atoms with Crippen LogP contribution in [0.5, 0.6) is 0 Å². The molecule has 1 aliphatic heterocycles. The molecule has 0 aromatic rings. The van der Waals surface area contributed by atoms with Crippen LogP contribution < -0.4 is 5.32 Å². The molecule has 3 nitrogen and oxygen atoms in total. The molecule has 0 aromatic carbocycles. The van der Waals surface area contributed by atoms with Crippen molar-refractivity contribution in [1.29, 1.82) is 5.26 Å². The summed E-state index contributed by atoms with van der Waals surface area (Å²) >= 11 is 0. The zero-order valence-corrected chi connectivity index (χ0v) is 11.3. The SMILES string of the molecule is CCC(CC)(CCC#N)CNC1CCCOC1. The van der Waals surface area contributed by atoms with Gasteiger partial charge in [0.05, 0.1) is 12.7 Å². The Labute approximate surface area is 106 Å². The summed E-state index contributed by atoms with van der Waals surface area (Å²) in [6, 6.07) is 2.79. The van der Waals surface area contributed by atoms with Crippen molar-refractivity contribution in [2.75, 3.05) is 19.8 Å². The van der Waals surface area contributed by atoms with Crippen LogP contribution in [-0.4, -0.2) is 25.8 Å². The number of nitrogens with one attached hydrogen (secondary N) is 1. The van der Waals surface area contributed by atoms with Crippen LogP contribution >= 0.6 is 0 Å². The Hall–Kier alpha value is -0.590. The van der Waals surface area contributed by atoms with Crippen molar-refractivity contribution in [3.8, 4) is 6.07 Å². The highest BCUT2D eigenvalue weighted by Crippen LogP contribution is 2.31. The summed E-state index contributed by atoms with van der Waals surface area (Å²) in [5.41, 5.74) is 0.299. The van der Waals surface area contributed by atoms with E-state index in [-0.39, 0.29) is 0 Å². The van der Waals surface area contributed by atoms with Crippen molar-refractivity contribution in [3.63, 3.8) is 0 Å². The minimum atomic E-state index is 0.299. The normalized spacial score (nSPS) is 21.1. The molecule has 1 atom stereocenters. The van der Waals surface area contributed by atoms with Crippen molar-refractivity contribution < 1.29 is 4.74 Å². The number of hydrogen-bond donors (Lipinski definition) is 1. The molecule has 0 aliphatic carbocycles. The van der Waals surface area contributed by atoms with E-state index in [4.69, 9.17) is 10.00 Å². The van der Waals surface area contributed by atoms with Crippen molar-refractivity contribution >= 4 is 0 Å². The van der Waals surface area contributed by atoms with E-state index >= 15 is 0 Å². The van der Waals surface area contributed by atoms with Crippen LogP contribution in [0, 0.1) is 16.7 Å². The lowest BCUT2D eigenvalue weighted by molar-refractivity contribution is 0.0640. The van der Waals surface area contributed by atoms with E-state index in [1.54, 1.807) is 0 Å². The molecule has 1 saturated heterocycles. The Morgan fingerprint density at radius 3 is 2.71 bits per heavy atom. The highest BCUT2D eigenvalue weighted by atomic mass is 16.5. The first-order valence-electron chi connectivity index (χ1n) is 6.94. The second-order valence-electron chi connectivity index (χ2n) is 5.16. The van der Waals surface area contributed by atoms with Crippen LogP contribution in [0.15, 0.2) is 0 Å². The monoisotopic (exact) mass is 238 g/mol. The molecule has 1 N–H and O–H groups in total. The maximum atomic E-state index is 8.75. The van der Waals surface area contributed by atoms with Gasteiger partial charge in [-0.25, -0.2) is 0 Å². The lowest BCUT2D eigenvalue weighted by Crippen LogP contribution is -2.43. The molecule has 98 valence electrons. The van der Waals surface area contributed by atoms with Gasteiger partial charge in [-0.1, -0.05) is 13.8 Å². The summed E-state index contributed by atoms with van der Waals surface area (Å²) in [6.45, 7) is 7.26. The largest absolute Gasteiger partial charge is 0.380 e. The summed E-state index contributed by atoms with van der Waals surface area (Å²) in [6.07, 6.45) is 6.36. The van der Waals surface area contributed by atoms with Crippen LogP contribution in [-0.2, 0) is 4.74 Å². The number of nitriles is 1. The van der Waals surface area contributed by atoms with Gasteiger partial charge in [0.1, 0.15) is 0 Å². The third-order valence-corrected chi connectivity index (χ3v) is 4.19. The predicted molar refractivity (Wildman–Crippen MR) is 69.7 cm³/mol. The predicted octanol–water partition coefficient (Wildman–Crippen LogP) is 2.87. The molecule has 1 heterocycles. The Balaban J connectivity index is 2.39. The van der Waals surface area contributed by atoms with Gasteiger partial charge >= 0.3 is 0 Å². The lowest BCUT2D eigenvalue weighted by Gasteiger charge is -2.34. The van der Waals surface area contributed by atoms with E-state index in [0.717, 1.165) is 39.0 Å². The van der Waals surface area contributed by atoms with E-state index in [0.29, 0.717) is 17.9 Å². The van der Waals surface area contributed by atoms with Gasteiger partial charge in [0.2, 0.25) is 0 Å². The summed E-state index contributed by atoms with van der Waals surface area (Å²) in [7, 11) is 0. The molecule has 1 fully saturated rings. The number of nitrogens with zero attached hydrogens (tertiary/aromatic N) is 1. The van der Waals surface area contributed by atoms with Crippen molar-refractivity contribution in [2.45, 2.75) is 58.4 Å². The lowest BCUT2D eigenvalue weighted by atomic mass is 9.78. The van der Waals surface area contributed by atoms with E-state index < -0.39 is 0 Å². The van der Waals surface area contributed by atoms with Gasteiger partial charge in [-0.05, 0) is 37.5 Å². The Morgan fingerprint density at radius 1 is 1.41 bits per heavy atom. The molecule has 0 radical (unpaired) electrons. The average molecular weight is 238 g/mol. The van der Waals surface area contributed by atoms with Gasteiger partial charge in [0, 0.05) is 25.6 Å². The number of ether oxygens (including phenoxy) is 1. The van der Waals surface area contributed by atoms with Gasteiger partial charge in [-0.2, -0.15) is 5.26 Å². The fourth-order valence-electron chi connectivity index (χ4n) is 2.53. The molecule has 0 aromatic heterocycles. The smallest absolute Gasteiger partial charge is 0.0621 e. The van der Waals surface area contributed by atoms with Crippen molar-refractivity contribution in [2.24, 2.45) is 5.41 Å². The molecule has 0 amide bonds. The molecule has 1 unspecified atom stereocenters. The molecule has 17 heavy (non-hydrogen) atoms. The van der Waals surface area contributed by atoms with Crippen LogP contribution in [0.3, 0.4) is 0 Å². The average Bonchev–Trinajstić information content (AvgIpc) is 2.41. The van der Waals surface area contributed by atoms with Crippen LogP contribution in [0.2, 0.25) is 0 Å². The topological polar surface area (TPSA) is 45.0 Å². The molecule has 1 rings (SSSR count). The highest BCUT2D eigenvalue weighted by Gasteiger charge is 2.27. The van der Waals surface area contributed by atoms with Gasteiger partial charge < -0.3 is 10.1 Å². The Bertz CT molecular complexity index is 237. The van der Waals surface area contributed by atoms with Crippen LogP contribution in [0.1, 0.15) is 52.4 Å². The molecule has 0 saturated carbocycles. The van der Waals surface area contributed by atoms with Gasteiger partial charge in [0.25, 0.3) is 0 Å². The summed E-state index contributed by atoms with van der Waals surface area (Å²) in [4.78, 5) is 0. The zero-order valence-electron chi connectivity index (χ0n) is 11.3. The summed E-state index contributed by atoms with van der Waals surface area (Å²) in [5, 5.41) is 12.4. The minimum Gasteiger partial charge on any atom is -0.380 e. The summed E-state index contributed by atoms with van der Waals surface area (Å²) < 4.78 is 5.48. The second kappa shape index (κ2) is 7.68. The van der Waals surface area contributed by atoms with E-state index in [1.807, 2.05) is 0 Å². The standard InChI is InChI=1S/C14H26N2O/c1-3-14(4-2,8-6-9-15)12-16-13-7-5-10-17-11-13/h13,16H,3-8,10-12H2,1-2H3. The fraction of sp³-hybridized carbons (Fsp3) is 0.929. The van der Waals surface area contributed by atoms with Crippen molar-refractivity contribution in [1.82, 2.24) is 5.32 Å². The maximum Gasteiger partial charge on any atom is 0.0621 e. The van der Waals surface area contributed by atoms with Gasteiger partial charge in [-0.15, -0.1) is 0 Å². The van der Waals surface area contributed by atoms with Crippen LogP contribution in [0.25, 0.3) is 0 Å². The molecular weight excluding hydrogens is 212 g/mol. The van der Waals surface area contributed by atoms with Crippen molar-refractivity contribution in [3.05, 3.63) is 0 Å². The maximum absolute atomic E-state index is 8.75. The van der Waals surface area contributed by atoms with Gasteiger partial charge in [-0.3, -0.25) is 0 Å². The molecule has 0 bridgehead atoms. The third kappa shape index (κ3) is 4.65. The van der Waals surface area contributed by atoms with E-state index in [1.165, 1.54) is 12.8 Å². The highest BCUT2D eigenvalue weighted by molar-refractivity contribution is 4.85.